The zero-order valence-electron chi connectivity index (χ0n) is 19.5. The van der Waals surface area contributed by atoms with Crippen LogP contribution in [0, 0.1) is 6.92 Å². The molecule has 2 aromatic heterocycles. The van der Waals surface area contributed by atoms with Crippen LogP contribution in [-0.4, -0.2) is 19.4 Å². The van der Waals surface area contributed by atoms with Crippen LogP contribution < -0.4 is 4.72 Å². The molecule has 2 aromatic carbocycles. The molecule has 170 valence electrons. The summed E-state index contributed by atoms with van der Waals surface area (Å²) in [4.78, 5) is 4.78. The number of para-hydroxylation sites is 1. The van der Waals surface area contributed by atoms with Gasteiger partial charge in [-0.3, -0.25) is 4.98 Å². The van der Waals surface area contributed by atoms with Gasteiger partial charge in [0.2, 0.25) is 0 Å². The van der Waals surface area contributed by atoms with Crippen molar-refractivity contribution in [1.82, 2.24) is 14.9 Å². The number of hydrogen-bond acceptors (Lipinski definition) is 5. The van der Waals surface area contributed by atoms with Crippen molar-refractivity contribution in [1.29, 1.82) is 0 Å². The molecule has 0 aliphatic heterocycles. The standard InChI is InChI=1S/C27H29N3O2S/c1-6-19-16-15-18(2)23(28-19)17-24(30-33(31)27(3,4)5)20-11-7-8-12-21(20)26-22-13-9-10-14-25(22)32-29-26/h6-16,24,30H,1,17H2,2-5H3/t24-,33?/m0/s1. The highest BCUT2D eigenvalue weighted by atomic mass is 32.2. The SMILES string of the molecule is C=Cc1ccc(C)c(C[C@H](N[S+]([O-])C(C)(C)C)c2ccccc2-c2noc3ccccc23)n1. The Bertz CT molecular complexity index is 1280. The molecule has 4 aromatic rings. The predicted molar refractivity (Wildman–Crippen MR) is 136 cm³/mol. The molecule has 5 nitrogen and oxygen atoms in total. The Hall–Kier alpha value is -2.93. The van der Waals surface area contributed by atoms with Crippen LogP contribution >= 0.6 is 0 Å². The van der Waals surface area contributed by atoms with Crippen LogP contribution in [0.1, 0.15) is 49.3 Å². The number of rotatable bonds is 7. The van der Waals surface area contributed by atoms with E-state index in [0.717, 1.165) is 44.7 Å². The third-order valence-electron chi connectivity index (χ3n) is 5.60. The fraction of sp³-hybridized carbons (Fsp3) is 0.259. The molecule has 1 unspecified atom stereocenters. The molecule has 4 rings (SSSR count). The average Bonchev–Trinajstić information content (AvgIpc) is 3.23. The highest BCUT2D eigenvalue weighted by molar-refractivity contribution is 7.90. The Morgan fingerprint density at radius 3 is 2.58 bits per heavy atom. The van der Waals surface area contributed by atoms with Gasteiger partial charge < -0.3 is 9.08 Å². The first-order valence-corrected chi connectivity index (χ1v) is 12.1. The van der Waals surface area contributed by atoms with Gasteiger partial charge in [-0.25, -0.2) is 0 Å². The van der Waals surface area contributed by atoms with Gasteiger partial charge in [-0.2, -0.15) is 0 Å². The van der Waals surface area contributed by atoms with Crippen molar-refractivity contribution in [2.45, 2.75) is 44.9 Å². The summed E-state index contributed by atoms with van der Waals surface area (Å²) in [6.07, 6.45) is 2.32. The van der Waals surface area contributed by atoms with E-state index in [1.54, 1.807) is 6.08 Å². The van der Waals surface area contributed by atoms with E-state index in [-0.39, 0.29) is 6.04 Å². The average molecular weight is 460 g/mol. The molecular formula is C27H29N3O2S. The number of fused-ring (bicyclic) bond motifs is 1. The molecule has 0 saturated carbocycles. The lowest BCUT2D eigenvalue weighted by atomic mass is 9.93. The van der Waals surface area contributed by atoms with Gasteiger partial charge >= 0.3 is 0 Å². The maximum atomic E-state index is 13.2. The largest absolute Gasteiger partial charge is 0.598 e. The molecular weight excluding hydrogens is 430 g/mol. The van der Waals surface area contributed by atoms with E-state index in [2.05, 4.69) is 22.5 Å². The van der Waals surface area contributed by atoms with E-state index in [9.17, 15) is 4.55 Å². The number of nitrogens with zero attached hydrogens (tertiary/aromatic N) is 2. The second-order valence-electron chi connectivity index (χ2n) is 9.07. The lowest BCUT2D eigenvalue weighted by Gasteiger charge is -2.29. The van der Waals surface area contributed by atoms with Crippen LogP contribution in [0.5, 0.6) is 0 Å². The van der Waals surface area contributed by atoms with Gasteiger partial charge in [0.15, 0.2) is 5.58 Å². The molecule has 0 fully saturated rings. The molecule has 6 heteroatoms. The zero-order chi connectivity index (χ0) is 23.6. The number of hydrogen-bond donors (Lipinski definition) is 1. The summed E-state index contributed by atoms with van der Waals surface area (Å²) in [6.45, 7) is 11.8. The van der Waals surface area contributed by atoms with E-state index in [0.29, 0.717) is 6.42 Å². The molecule has 0 bridgehead atoms. The van der Waals surface area contributed by atoms with Gasteiger partial charge in [0.25, 0.3) is 0 Å². The highest BCUT2D eigenvalue weighted by Gasteiger charge is 2.32. The summed E-state index contributed by atoms with van der Waals surface area (Å²) in [6, 6.07) is 19.7. The minimum absolute atomic E-state index is 0.247. The Balaban J connectivity index is 1.82. The minimum Gasteiger partial charge on any atom is -0.598 e. The summed E-state index contributed by atoms with van der Waals surface area (Å²) in [5.74, 6) is 0. The Morgan fingerprint density at radius 1 is 1.09 bits per heavy atom. The van der Waals surface area contributed by atoms with Crippen molar-refractivity contribution in [2.75, 3.05) is 0 Å². The summed E-state index contributed by atoms with van der Waals surface area (Å²) in [5, 5.41) is 5.33. The van der Waals surface area contributed by atoms with Gasteiger partial charge in [0, 0.05) is 34.4 Å². The number of aromatic nitrogens is 2. The molecule has 0 saturated heterocycles. The maximum Gasteiger partial charge on any atom is 0.167 e. The van der Waals surface area contributed by atoms with E-state index in [4.69, 9.17) is 9.51 Å². The molecule has 0 spiro atoms. The van der Waals surface area contributed by atoms with Crippen LogP contribution in [0.4, 0.5) is 0 Å². The second-order valence-corrected chi connectivity index (χ2v) is 11.1. The van der Waals surface area contributed by atoms with Gasteiger partial charge in [0.1, 0.15) is 10.4 Å². The Labute approximate surface area is 198 Å². The number of benzene rings is 2. The van der Waals surface area contributed by atoms with E-state index < -0.39 is 16.1 Å². The van der Waals surface area contributed by atoms with Crippen LogP contribution in [0.15, 0.2) is 71.8 Å². The highest BCUT2D eigenvalue weighted by Crippen LogP contribution is 2.35. The van der Waals surface area contributed by atoms with Crippen molar-refractivity contribution in [2.24, 2.45) is 0 Å². The van der Waals surface area contributed by atoms with Crippen molar-refractivity contribution in [3.05, 3.63) is 89.8 Å². The summed E-state index contributed by atoms with van der Waals surface area (Å²) >= 11 is -1.28. The normalized spacial score (nSPS) is 13.7. The van der Waals surface area contributed by atoms with E-state index >= 15 is 0 Å². The van der Waals surface area contributed by atoms with Crippen molar-refractivity contribution in [3.63, 3.8) is 0 Å². The predicted octanol–water partition coefficient (Wildman–Crippen LogP) is 6.18. The van der Waals surface area contributed by atoms with Crippen molar-refractivity contribution >= 4 is 28.4 Å². The van der Waals surface area contributed by atoms with Gasteiger partial charge in [-0.05, 0) is 63.1 Å². The molecule has 33 heavy (non-hydrogen) atoms. The Kier molecular flexibility index (Phi) is 6.70. The first-order chi connectivity index (χ1) is 15.8. The molecule has 0 radical (unpaired) electrons. The third kappa shape index (κ3) is 5.03. The quantitative estimate of drug-likeness (QED) is 0.334. The maximum absolute atomic E-state index is 13.2. The van der Waals surface area contributed by atoms with E-state index in [1.165, 1.54) is 0 Å². The lowest BCUT2D eigenvalue weighted by Crippen LogP contribution is -2.42. The molecule has 0 aliphatic rings. The smallest absolute Gasteiger partial charge is 0.167 e. The van der Waals surface area contributed by atoms with Crippen LogP contribution in [0.25, 0.3) is 28.3 Å². The fourth-order valence-corrected chi connectivity index (χ4v) is 4.54. The van der Waals surface area contributed by atoms with Crippen molar-refractivity contribution < 1.29 is 9.08 Å². The third-order valence-corrected chi connectivity index (χ3v) is 7.22. The number of pyridine rings is 1. The molecule has 0 aliphatic carbocycles. The summed E-state index contributed by atoms with van der Waals surface area (Å²) < 4.78 is 21.7. The zero-order valence-corrected chi connectivity index (χ0v) is 20.3. The first-order valence-electron chi connectivity index (χ1n) is 11.0. The van der Waals surface area contributed by atoms with Gasteiger partial charge in [0.05, 0.1) is 11.7 Å². The lowest BCUT2D eigenvalue weighted by molar-refractivity contribution is 0.459. The molecule has 2 heterocycles. The topological polar surface area (TPSA) is 74.0 Å². The minimum atomic E-state index is -1.28. The fourth-order valence-electron chi connectivity index (χ4n) is 3.72. The van der Waals surface area contributed by atoms with Gasteiger partial charge in [-0.15, -0.1) is 4.72 Å². The van der Waals surface area contributed by atoms with Crippen LogP contribution in [-0.2, 0) is 17.8 Å². The molecule has 0 amide bonds. The Morgan fingerprint density at radius 2 is 1.82 bits per heavy atom. The molecule has 1 N–H and O–H groups in total. The first kappa shape index (κ1) is 23.2. The summed E-state index contributed by atoms with van der Waals surface area (Å²) in [5.41, 5.74) is 6.30. The number of aryl methyl sites for hydroxylation is 1. The van der Waals surface area contributed by atoms with Gasteiger partial charge in [-0.1, -0.05) is 54.2 Å². The summed E-state index contributed by atoms with van der Waals surface area (Å²) in [7, 11) is 0. The van der Waals surface area contributed by atoms with Crippen LogP contribution in [0.3, 0.4) is 0 Å². The second kappa shape index (κ2) is 9.51. The molecule has 2 atom stereocenters. The van der Waals surface area contributed by atoms with E-state index in [1.807, 2.05) is 82.3 Å². The number of nitrogens with one attached hydrogen (secondary N) is 1. The van der Waals surface area contributed by atoms with Crippen LogP contribution in [0.2, 0.25) is 0 Å². The monoisotopic (exact) mass is 459 g/mol. The van der Waals surface area contributed by atoms with Crippen molar-refractivity contribution in [3.8, 4) is 11.3 Å².